The highest BCUT2D eigenvalue weighted by Crippen LogP contribution is 2.22. The summed E-state index contributed by atoms with van der Waals surface area (Å²) >= 11 is 0. The molecule has 0 heterocycles. The van der Waals surface area contributed by atoms with E-state index in [0.29, 0.717) is 30.1 Å². The summed E-state index contributed by atoms with van der Waals surface area (Å²) < 4.78 is 0. The van der Waals surface area contributed by atoms with Crippen molar-refractivity contribution in [1.82, 2.24) is 10.6 Å². The van der Waals surface area contributed by atoms with Crippen LogP contribution in [0.15, 0.2) is 48.5 Å². The Morgan fingerprint density at radius 2 is 1.30 bits per heavy atom. The zero-order chi connectivity index (χ0) is 20.0. The summed E-state index contributed by atoms with van der Waals surface area (Å²) in [5.74, 6) is 0.244. The van der Waals surface area contributed by atoms with Crippen molar-refractivity contribution in [3.63, 3.8) is 0 Å². The number of carbonyl (C=O) groups excluding carboxylic acids is 2. The van der Waals surface area contributed by atoms with Crippen LogP contribution < -0.4 is 10.6 Å². The smallest absolute Gasteiger partial charge is 0.251 e. The zero-order valence-electron chi connectivity index (χ0n) is 16.9. The van der Waals surface area contributed by atoms with E-state index in [1.54, 1.807) is 12.1 Å². The van der Waals surface area contributed by atoms with Crippen molar-refractivity contribution < 1.29 is 9.59 Å². The van der Waals surface area contributed by atoms with Gasteiger partial charge in [-0.3, -0.25) is 9.59 Å². The Hall–Kier alpha value is -2.62. The average Bonchev–Trinajstić information content (AvgIpc) is 2.64. The van der Waals surface area contributed by atoms with Gasteiger partial charge in [0.05, 0.1) is 0 Å². The predicted octanol–water partition coefficient (Wildman–Crippen LogP) is 4.30. The van der Waals surface area contributed by atoms with E-state index in [1.807, 2.05) is 36.4 Å². The molecule has 0 atom stereocenters. The predicted molar refractivity (Wildman–Crippen MR) is 110 cm³/mol. The van der Waals surface area contributed by atoms with Crippen molar-refractivity contribution in [3.8, 4) is 0 Å². The van der Waals surface area contributed by atoms with E-state index in [2.05, 4.69) is 45.3 Å². The second kappa shape index (κ2) is 8.85. The van der Waals surface area contributed by atoms with E-state index in [9.17, 15) is 9.59 Å². The number of nitrogens with one attached hydrogen (secondary N) is 2. The van der Waals surface area contributed by atoms with Crippen LogP contribution in [-0.4, -0.2) is 18.4 Å². The van der Waals surface area contributed by atoms with Crippen molar-refractivity contribution in [3.05, 3.63) is 70.8 Å². The molecule has 0 saturated carbocycles. The molecule has 0 aromatic heterocycles. The largest absolute Gasteiger partial charge is 0.352 e. The van der Waals surface area contributed by atoms with Gasteiger partial charge in [0.1, 0.15) is 0 Å². The van der Waals surface area contributed by atoms with E-state index in [0.717, 1.165) is 5.56 Å². The van der Waals surface area contributed by atoms with Crippen LogP contribution in [0.3, 0.4) is 0 Å². The molecule has 4 nitrogen and oxygen atoms in total. The highest BCUT2D eigenvalue weighted by molar-refractivity contribution is 5.95. The molecule has 2 amide bonds. The van der Waals surface area contributed by atoms with E-state index in [1.165, 1.54) is 5.56 Å². The van der Waals surface area contributed by atoms with E-state index in [4.69, 9.17) is 0 Å². The van der Waals surface area contributed by atoms with E-state index < -0.39 is 0 Å². The number of amides is 2. The third-order valence-electron chi connectivity index (χ3n) is 4.35. The molecule has 0 spiro atoms. The maximum Gasteiger partial charge on any atom is 0.251 e. The highest BCUT2D eigenvalue weighted by Gasteiger charge is 2.14. The molecule has 0 aliphatic rings. The minimum atomic E-state index is -0.103. The van der Waals surface area contributed by atoms with Gasteiger partial charge in [0.2, 0.25) is 0 Å². The zero-order valence-corrected chi connectivity index (χ0v) is 16.9. The van der Waals surface area contributed by atoms with E-state index in [-0.39, 0.29) is 17.2 Å². The molecule has 144 valence electrons. The summed E-state index contributed by atoms with van der Waals surface area (Å²) in [6, 6.07) is 15.0. The molecule has 2 rings (SSSR count). The highest BCUT2D eigenvalue weighted by atomic mass is 16.2. The van der Waals surface area contributed by atoms with Gasteiger partial charge in [-0.1, -0.05) is 58.9 Å². The fraction of sp³-hybridized carbons (Fsp3) is 0.391. The first-order valence-corrected chi connectivity index (χ1v) is 9.42. The quantitative estimate of drug-likeness (QED) is 0.801. The fourth-order valence-corrected chi connectivity index (χ4v) is 2.58. The molecule has 0 unspecified atom stereocenters. The van der Waals surface area contributed by atoms with Gasteiger partial charge < -0.3 is 10.6 Å². The first-order valence-electron chi connectivity index (χ1n) is 9.42. The Morgan fingerprint density at radius 1 is 0.815 bits per heavy atom. The van der Waals surface area contributed by atoms with Crippen LogP contribution >= 0.6 is 0 Å². The van der Waals surface area contributed by atoms with Crippen LogP contribution in [-0.2, 0) is 12.0 Å². The molecule has 0 fully saturated rings. The lowest BCUT2D eigenvalue weighted by molar-refractivity contribution is 0.0940. The molecular weight excluding hydrogens is 336 g/mol. The standard InChI is InChI=1S/C23H30N2O2/c1-16(2)14-24-21(26)18-8-6-17(7-9-18)15-25-22(27)19-10-12-20(13-11-19)23(3,4)5/h6-13,16H,14-15H2,1-5H3,(H,24,26)(H,25,27). The normalized spacial score (nSPS) is 11.3. The minimum absolute atomic E-state index is 0.0677. The summed E-state index contributed by atoms with van der Waals surface area (Å²) in [6.45, 7) is 11.6. The van der Waals surface area contributed by atoms with Crippen molar-refractivity contribution >= 4 is 11.8 Å². The van der Waals surface area contributed by atoms with E-state index >= 15 is 0 Å². The summed E-state index contributed by atoms with van der Waals surface area (Å²) in [4.78, 5) is 24.4. The molecule has 0 bridgehead atoms. The monoisotopic (exact) mass is 366 g/mol. The molecular formula is C23H30N2O2. The van der Waals surface area contributed by atoms with Gasteiger partial charge >= 0.3 is 0 Å². The Balaban J connectivity index is 1.90. The van der Waals surface area contributed by atoms with Gasteiger partial charge in [0.15, 0.2) is 0 Å². The maximum atomic E-state index is 12.3. The van der Waals surface area contributed by atoms with Crippen LogP contribution in [0.25, 0.3) is 0 Å². The molecule has 2 N–H and O–H groups in total. The van der Waals surface area contributed by atoms with Crippen molar-refractivity contribution in [2.45, 2.75) is 46.6 Å². The Labute approximate surface area is 162 Å². The van der Waals surface area contributed by atoms with Crippen LogP contribution in [0.1, 0.15) is 66.5 Å². The number of hydrogen-bond donors (Lipinski definition) is 2. The molecule has 2 aromatic rings. The van der Waals surface area contributed by atoms with Crippen LogP contribution in [0.2, 0.25) is 0 Å². The average molecular weight is 367 g/mol. The lowest BCUT2D eigenvalue weighted by Crippen LogP contribution is -2.27. The molecule has 0 radical (unpaired) electrons. The molecule has 27 heavy (non-hydrogen) atoms. The third-order valence-corrected chi connectivity index (χ3v) is 4.35. The summed E-state index contributed by atoms with van der Waals surface area (Å²) in [5, 5.41) is 5.82. The van der Waals surface area contributed by atoms with Gasteiger partial charge in [0, 0.05) is 24.2 Å². The lowest BCUT2D eigenvalue weighted by Gasteiger charge is -2.19. The first kappa shape index (κ1) is 20.7. The van der Waals surface area contributed by atoms with Gasteiger partial charge in [0.25, 0.3) is 11.8 Å². The SMILES string of the molecule is CC(C)CNC(=O)c1ccc(CNC(=O)c2ccc(C(C)(C)C)cc2)cc1. The molecule has 0 saturated heterocycles. The molecule has 0 aliphatic carbocycles. The summed E-state index contributed by atoms with van der Waals surface area (Å²) in [5.41, 5.74) is 3.50. The number of hydrogen-bond acceptors (Lipinski definition) is 2. The second-order valence-corrected chi connectivity index (χ2v) is 8.31. The number of rotatable bonds is 6. The molecule has 4 heteroatoms. The Bertz CT molecular complexity index is 770. The van der Waals surface area contributed by atoms with Gasteiger partial charge in [-0.25, -0.2) is 0 Å². The maximum absolute atomic E-state index is 12.3. The summed E-state index contributed by atoms with van der Waals surface area (Å²) in [7, 11) is 0. The van der Waals surface area contributed by atoms with Gasteiger partial charge in [-0.15, -0.1) is 0 Å². The van der Waals surface area contributed by atoms with Gasteiger partial charge in [-0.05, 0) is 46.7 Å². The van der Waals surface area contributed by atoms with Crippen LogP contribution in [0.4, 0.5) is 0 Å². The van der Waals surface area contributed by atoms with Crippen molar-refractivity contribution in [1.29, 1.82) is 0 Å². The Morgan fingerprint density at radius 3 is 1.78 bits per heavy atom. The van der Waals surface area contributed by atoms with Crippen molar-refractivity contribution in [2.24, 2.45) is 5.92 Å². The van der Waals surface area contributed by atoms with Crippen LogP contribution in [0, 0.1) is 5.92 Å². The number of benzene rings is 2. The van der Waals surface area contributed by atoms with Crippen molar-refractivity contribution in [2.75, 3.05) is 6.54 Å². The second-order valence-electron chi connectivity index (χ2n) is 8.31. The third kappa shape index (κ3) is 6.24. The van der Waals surface area contributed by atoms with Crippen LogP contribution in [0.5, 0.6) is 0 Å². The topological polar surface area (TPSA) is 58.2 Å². The van der Waals surface area contributed by atoms with Gasteiger partial charge in [-0.2, -0.15) is 0 Å². The lowest BCUT2D eigenvalue weighted by atomic mass is 9.87. The Kier molecular flexibility index (Phi) is 6.78. The summed E-state index contributed by atoms with van der Waals surface area (Å²) in [6.07, 6.45) is 0. The molecule has 2 aromatic carbocycles. The minimum Gasteiger partial charge on any atom is -0.352 e. The first-order chi connectivity index (χ1) is 12.7. The fourth-order valence-electron chi connectivity index (χ4n) is 2.58. The number of carbonyl (C=O) groups is 2. The molecule has 0 aliphatic heterocycles.